The number of para-hydroxylation sites is 1. The molecule has 0 bridgehead atoms. The van der Waals surface area contributed by atoms with Gasteiger partial charge in [0.2, 0.25) is 0 Å². The van der Waals surface area contributed by atoms with E-state index in [1.165, 1.54) is 0 Å². The predicted octanol–water partition coefficient (Wildman–Crippen LogP) is 4.16. The van der Waals surface area contributed by atoms with Gasteiger partial charge >= 0.3 is 0 Å². The summed E-state index contributed by atoms with van der Waals surface area (Å²) < 4.78 is 11.1. The van der Waals surface area contributed by atoms with E-state index in [-0.39, 0.29) is 0 Å². The number of benzene rings is 2. The van der Waals surface area contributed by atoms with Crippen molar-refractivity contribution in [2.75, 3.05) is 19.1 Å². The zero-order valence-electron chi connectivity index (χ0n) is 13.8. The Balaban J connectivity index is 2.07. The molecule has 4 rings (SSSR count). The van der Waals surface area contributed by atoms with Crippen LogP contribution in [-0.4, -0.2) is 24.2 Å². The third-order valence-corrected chi connectivity index (χ3v) is 4.22. The lowest BCUT2D eigenvalue weighted by Gasteiger charge is -2.30. The lowest BCUT2D eigenvalue weighted by Crippen LogP contribution is -2.19. The van der Waals surface area contributed by atoms with Crippen molar-refractivity contribution in [2.45, 2.75) is 6.92 Å². The summed E-state index contributed by atoms with van der Waals surface area (Å²) in [7, 11) is 3.28. The fraction of sp³-hybridized carbons (Fsp3) is 0.158. The highest BCUT2D eigenvalue weighted by Crippen LogP contribution is 2.46. The van der Waals surface area contributed by atoms with Gasteiger partial charge in [0, 0.05) is 23.0 Å². The summed E-state index contributed by atoms with van der Waals surface area (Å²) in [6.07, 6.45) is 3.68. The molecule has 3 aromatic rings. The highest BCUT2D eigenvalue weighted by atomic mass is 16.5. The van der Waals surface area contributed by atoms with E-state index in [2.05, 4.69) is 40.0 Å². The minimum Gasteiger partial charge on any atom is -0.493 e. The summed E-state index contributed by atoms with van der Waals surface area (Å²) in [5.41, 5.74) is 3.90. The molecule has 120 valence electrons. The maximum Gasteiger partial charge on any atom is 0.168 e. The molecule has 0 aliphatic carbocycles. The topological polar surface area (TPSA) is 47.5 Å². The largest absolute Gasteiger partial charge is 0.493 e. The predicted molar refractivity (Wildman–Crippen MR) is 94.9 cm³/mol. The van der Waals surface area contributed by atoms with Crippen molar-refractivity contribution < 1.29 is 9.47 Å². The van der Waals surface area contributed by atoms with Gasteiger partial charge in [-0.25, -0.2) is 9.97 Å². The Bertz CT molecular complexity index is 952. The van der Waals surface area contributed by atoms with Gasteiger partial charge in [-0.05, 0) is 25.1 Å². The molecule has 0 unspecified atom stereocenters. The average molecular weight is 319 g/mol. The molecule has 0 N–H and O–H groups in total. The fourth-order valence-corrected chi connectivity index (χ4v) is 3.21. The van der Waals surface area contributed by atoms with Crippen molar-refractivity contribution in [1.29, 1.82) is 0 Å². The monoisotopic (exact) mass is 319 g/mol. The molecule has 0 amide bonds. The van der Waals surface area contributed by atoms with Gasteiger partial charge < -0.3 is 9.47 Å². The van der Waals surface area contributed by atoms with Crippen LogP contribution in [0.25, 0.3) is 17.0 Å². The molecule has 1 aliphatic rings. The van der Waals surface area contributed by atoms with Gasteiger partial charge in [0.15, 0.2) is 11.5 Å². The number of rotatable bonds is 3. The van der Waals surface area contributed by atoms with Gasteiger partial charge in [-0.15, -0.1) is 0 Å². The maximum atomic E-state index is 5.60. The molecule has 5 nitrogen and oxygen atoms in total. The Labute approximate surface area is 140 Å². The van der Waals surface area contributed by atoms with Crippen LogP contribution in [0.2, 0.25) is 0 Å². The fourth-order valence-electron chi connectivity index (χ4n) is 3.21. The first kappa shape index (κ1) is 14.5. The van der Waals surface area contributed by atoms with Crippen LogP contribution in [0.1, 0.15) is 12.5 Å². The summed E-state index contributed by atoms with van der Waals surface area (Å²) in [6, 6.07) is 12.1. The second kappa shape index (κ2) is 5.53. The third kappa shape index (κ3) is 2.01. The molecule has 2 aromatic carbocycles. The first-order chi connectivity index (χ1) is 11.7. The number of nitrogens with zero attached hydrogens (tertiary/aromatic N) is 3. The van der Waals surface area contributed by atoms with Crippen LogP contribution in [0.5, 0.6) is 11.5 Å². The Morgan fingerprint density at radius 2 is 1.79 bits per heavy atom. The van der Waals surface area contributed by atoms with E-state index in [4.69, 9.17) is 9.47 Å². The van der Waals surface area contributed by atoms with Crippen LogP contribution in [0.4, 0.5) is 11.5 Å². The molecule has 0 fully saturated rings. The van der Waals surface area contributed by atoms with E-state index in [1.807, 2.05) is 24.3 Å². The Hall–Kier alpha value is -3.08. The molecular weight excluding hydrogens is 302 g/mol. The van der Waals surface area contributed by atoms with Gasteiger partial charge in [-0.2, -0.15) is 0 Å². The standard InChI is InChI=1S/C19H17N3O2/c1-12-9-14-17-15(10-16(23-2)18(14)24-3)20-11-21-19(17)22(12)13-7-5-4-6-8-13/h4-11H,1-3H3. The molecule has 5 heteroatoms. The number of hydrogen-bond donors (Lipinski definition) is 0. The van der Waals surface area contributed by atoms with Crippen molar-refractivity contribution in [3.05, 3.63) is 54.0 Å². The summed E-state index contributed by atoms with van der Waals surface area (Å²) in [6.45, 7) is 2.06. The molecule has 0 spiro atoms. The minimum absolute atomic E-state index is 0.668. The highest BCUT2D eigenvalue weighted by molar-refractivity contribution is 6.05. The van der Waals surface area contributed by atoms with Crippen molar-refractivity contribution in [1.82, 2.24) is 9.97 Å². The molecule has 2 heterocycles. The summed E-state index contributed by atoms with van der Waals surface area (Å²) in [4.78, 5) is 11.1. The minimum atomic E-state index is 0.668. The van der Waals surface area contributed by atoms with E-state index in [9.17, 15) is 0 Å². The zero-order chi connectivity index (χ0) is 16.7. The molecule has 24 heavy (non-hydrogen) atoms. The molecular formula is C19H17N3O2. The molecule has 0 saturated carbocycles. The van der Waals surface area contributed by atoms with Gasteiger partial charge in [0.1, 0.15) is 12.1 Å². The van der Waals surface area contributed by atoms with Crippen LogP contribution in [0.3, 0.4) is 0 Å². The van der Waals surface area contributed by atoms with Crippen LogP contribution in [0.15, 0.2) is 48.4 Å². The number of ether oxygens (including phenoxy) is 2. The number of anilines is 2. The lowest BCUT2D eigenvalue weighted by atomic mass is 10.0. The van der Waals surface area contributed by atoms with Crippen LogP contribution in [-0.2, 0) is 0 Å². The van der Waals surface area contributed by atoms with Crippen molar-refractivity contribution in [3.63, 3.8) is 0 Å². The molecule has 0 radical (unpaired) electrons. The first-order valence-corrected chi connectivity index (χ1v) is 7.67. The number of methoxy groups -OCH3 is 2. The second-order valence-corrected chi connectivity index (χ2v) is 5.57. The number of hydrogen-bond acceptors (Lipinski definition) is 5. The molecule has 0 atom stereocenters. The number of allylic oxidation sites excluding steroid dienone is 1. The van der Waals surface area contributed by atoms with Crippen molar-refractivity contribution in [3.8, 4) is 11.5 Å². The molecule has 0 saturated heterocycles. The summed E-state index contributed by atoms with van der Waals surface area (Å²) >= 11 is 0. The quantitative estimate of drug-likeness (QED) is 0.725. The summed E-state index contributed by atoms with van der Waals surface area (Å²) in [5.74, 6) is 2.22. The van der Waals surface area contributed by atoms with Crippen molar-refractivity contribution in [2.24, 2.45) is 0 Å². The Morgan fingerprint density at radius 1 is 1.00 bits per heavy atom. The smallest absolute Gasteiger partial charge is 0.168 e. The summed E-state index contributed by atoms with van der Waals surface area (Å²) in [5, 5.41) is 0.963. The Morgan fingerprint density at radius 3 is 2.50 bits per heavy atom. The zero-order valence-corrected chi connectivity index (χ0v) is 13.8. The van der Waals surface area contributed by atoms with E-state index < -0.39 is 0 Å². The normalized spacial score (nSPS) is 13.0. The van der Waals surface area contributed by atoms with Crippen LogP contribution >= 0.6 is 0 Å². The van der Waals surface area contributed by atoms with Crippen molar-refractivity contribution >= 4 is 28.5 Å². The van der Waals surface area contributed by atoms with Crippen LogP contribution < -0.4 is 14.4 Å². The van der Waals surface area contributed by atoms with Crippen LogP contribution in [0, 0.1) is 0 Å². The van der Waals surface area contributed by atoms with Gasteiger partial charge in [0.25, 0.3) is 0 Å². The third-order valence-electron chi connectivity index (χ3n) is 4.22. The van der Waals surface area contributed by atoms with E-state index in [0.29, 0.717) is 11.5 Å². The van der Waals surface area contributed by atoms with Gasteiger partial charge in [-0.1, -0.05) is 18.2 Å². The Kier molecular flexibility index (Phi) is 3.34. The van der Waals surface area contributed by atoms with E-state index >= 15 is 0 Å². The average Bonchev–Trinajstić information content (AvgIpc) is 2.62. The van der Waals surface area contributed by atoms with Gasteiger partial charge in [0.05, 0.1) is 25.1 Å². The lowest BCUT2D eigenvalue weighted by molar-refractivity contribution is 0.355. The van der Waals surface area contributed by atoms with Gasteiger partial charge in [-0.3, -0.25) is 4.90 Å². The van der Waals surface area contributed by atoms with E-state index in [0.717, 1.165) is 33.7 Å². The van der Waals surface area contributed by atoms with E-state index in [1.54, 1.807) is 20.5 Å². The number of aromatic nitrogens is 2. The maximum absolute atomic E-state index is 5.60. The highest BCUT2D eigenvalue weighted by Gasteiger charge is 2.26. The second-order valence-electron chi connectivity index (χ2n) is 5.57. The molecule has 1 aromatic heterocycles. The molecule has 1 aliphatic heterocycles. The SMILES string of the molecule is COc1cc2ncnc3c2c(c1OC)C=C(C)N3c1ccccc1. The first-order valence-electron chi connectivity index (χ1n) is 7.67.